The Hall–Kier alpha value is -4.25. The molecular formula is C38H36BIrN2O2-. The number of aliphatic hydroxyl groups excluding tert-OH is 1. The van der Waals surface area contributed by atoms with E-state index in [0.29, 0.717) is 0 Å². The van der Waals surface area contributed by atoms with Crippen LogP contribution in [-0.2, 0) is 24.9 Å². The first kappa shape index (κ1) is 32.7. The quantitative estimate of drug-likeness (QED) is 0.106. The van der Waals surface area contributed by atoms with Crippen molar-refractivity contribution in [2.24, 2.45) is 0 Å². The minimum Gasteiger partial charge on any atom is -0.512 e. The number of fused-ring (bicyclic) bond motifs is 2. The number of nitrogens with zero attached hydrogens (tertiary/aromatic N) is 2. The van der Waals surface area contributed by atoms with Gasteiger partial charge in [-0.05, 0) is 97.8 Å². The van der Waals surface area contributed by atoms with Crippen molar-refractivity contribution in [3.63, 3.8) is 0 Å². The van der Waals surface area contributed by atoms with Crippen LogP contribution < -0.4 is 10.9 Å². The largest absolute Gasteiger partial charge is 0.512 e. The average Bonchev–Trinajstić information content (AvgIpc) is 2.97. The van der Waals surface area contributed by atoms with Crippen LogP contribution in [0.15, 0.2) is 115 Å². The molecule has 2 aliphatic rings. The third kappa shape index (κ3) is 6.62. The molecule has 0 amide bonds. The number of carbonyl (C=O) groups excluding carboxylic acids is 1. The van der Waals surface area contributed by atoms with Gasteiger partial charge in [0.1, 0.15) is 0 Å². The van der Waals surface area contributed by atoms with E-state index in [1.54, 1.807) is 0 Å². The Morgan fingerprint density at radius 2 is 1.45 bits per heavy atom. The van der Waals surface area contributed by atoms with E-state index in [-0.39, 0.29) is 38.5 Å². The van der Waals surface area contributed by atoms with Crippen molar-refractivity contribution in [2.75, 3.05) is 0 Å². The molecule has 2 aliphatic heterocycles. The number of aryl methyl sites for hydroxylation is 4. The van der Waals surface area contributed by atoms with Gasteiger partial charge in [0.25, 0.3) is 0 Å². The molecule has 3 aromatic carbocycles. The summed E-state index contributed by atoms with van der Waals surface area (Å²) >= 11 is 0. The standard InChI is InChI=1S/C33H28BN2.C5H8O2.Ir/c1-22-11-9-12-23(2)31(22)32-27-15-5-6-16-28(27)34(33-24(3)13-10-14-25(33)4)36-20-18-26(21-30(32)36)29-17-7-8-19-35-29;1-4(6)3-5(2)7;/h5-17,19-21H,1-4H3;3,6H,1-2H3;/q-1;;/b;4-3-;. The average molecular weight is 756 g/mol. The van der Waals surface area contributed by atoms with Gasteiger partial charge in [-0.2, -0.15) is 11.6 Å². The molecular weight excluding hydrogens is 719 g/mol. The van der Waals surface area contributed by atoms with Crippen molar-refractivity contribution >= 4 is 34.7 Å². The number of carbonyl (C=O) groups is 1. The molecule has 4 aromatic rings. The van der Waals surface area contributed by atoms with E-state index >= 15 is 0 Å². The molecule has 223 valence electrons. The van der Waals surface area contributed by atoms with Crippen LogP contribution >= 0.6 is 0 Å². The van der Waals surface area contributed by atoms with E-state index < -0.39 is 0 Å². The molecule has 6 heteroatoms. The van der Waals surface area contributed by atoms with Gasteiger partial charge in [0.2, 0.25) is 0 Å². The number of benzene rings is 3. The van der Waals surface area contributed by atoms with Gasteiger partial charge in [0.05, 0.1) is 5.76 Å². The van der Waals surface area contributed by atoms with Gasteiger partial charge >= 0.3 is 6.85 Å². The fourth-order valence-electron chi connectivity index (χ4n) is 6.12. The summed E-state index contributed by atoms with van der Waals surface area (Å²) in [5.41, 5.74) is 14.9. The van der Waals surface area contributed by atoms with E-state index in [9.17, 15) is 4.79 Å². The molecule has 0 unspecified atom stereocenters. The van der Waals surface area contributed by atoms with E-state index in [4.69, 9.17) is 5.11 Å². The molecule has 3 heterocycles. The SMILES string of the molecule is CC(=O)/C=C(/C)O.Cc1cccc(C)c1B1c2ccccc2C(c2c(C)cccc2C)=C2C=C(c3ccccn3)[C-]=CN12.[Ir]. The second kappa shape index (κ2) is 14.0. The van der Waals surface area contributed by atoms with Crippen LogP contribution in [-0.4, -0.2) is 27.5 Å². The number of allylic oxidation sites excluding steroid dienone is 5. The zero-order chi connectivity index (χ0) is 30.7. The van der Waals surface area contributed by atoms with E-state index in [1.165, 1.54) is 75.5 Å². The van der Waals surface area contributed by atoms with Gasteiger partial charge in [0.15, 0.2) is 5.78 Å². The molecule has 4 nitrogen and oxygen atoms in total. The van der Waals surface area contributed by atoms with Crippen LogP contribution in [0.4, 0.5) is 0 Å². The predicted octanol–water partition coefficient (Wildman–Crippen LogP) is 6.94. The Balaban J connectivity index is 0.000000497. The molecule has 1 N–H and O–H groups in total. The summed E-state index contributed by atoms with van der Waals surface area (Å²) in [6.07, 6.45) is 11.0. The predicted molar refractivity (Wildman–Crippen MR) is 178 cm³/mol. The number of ketones is 1. The number of pyridine rings is 1. The molecule has 1 aromatic heterocycles. The molecule has 44 heavy (non-hydrogen) atoms. The number of hydrogen-bond donors (Lipinski definition) is 1. The Kier molecular flexibility index (Phi) is 10.4. The summed E-state index contributed by atoms with van der Waals surface area (Å²) < 4.78 is 0. The Labute approximate surface area is 275 Å². The zero-order valence-electron chi connectivity index (χ0n) is 26.0. The maximum atomic E-state index is 10.0. The first-order valence-electron chi connectivity index (χ1n) is 14.5. The normalized spacial score (nSPS) is 13.7. The first-order valence-corrected chi connectivity index (χ1v) is 14.5. The van der Waals surface area contributed by atoms with E-state index in [1.807, 2.05) is 18.3 Å². The van der Waals surface area contributed by atoms with Gasteiger partial charge in [-0.3, -0.25) is 4.79 Å². The molecule has 0 bridgehead atoms. The summed E-state index contributed by atoms with van der Waals surface area (Å²) in [6.45, 7) is 11.8. The molecule has 6 rings (SSSR count). The van der Waals surface area contributed by atoms with Gasteiger partial charge in [-0.25, -0.2) is 0 Å². The summed E-state index contributed by atoms with van der Waals surface area (Å²) in [5.74, 6) is -0.0625. The molecule has 0 spiro atoms. The fraction of sp³-hybridized carbons (Fsp3) is 0.158. The monoisotopic (exact) mass is 756 g/mol. The second-order valence-corrected chi connectivity index (χ2v) is 11.2. The summed E-state index contributed by atoms with van der Waals surface area (Å²) in [6, 6.07) is 28.1. The summed E-state index contributed by atoms with van der Waals surface area (Å²) in [5, 5.41) is 8.36. The first-order chi connectivity index (χ1) is 20.7. The Morgan fingerprint density at radius 3 is 2.02 bits per heavy atom. The van der Waals surface area contributed by atoms with Crippen LogP contribution in [0.25, 0.3) is 11.1 Å². The molecule has 0 saturated heterocycles. The van der Waals surface area contributed by atoms with Crippen molar-refractivity contribution in [3.05, 3.63) is 160 Å². The molecule has 0 atom stereocenters. The molecule has 1 radical (unpaired) electrons. The minimum absolute atomic E-state index is 0. The molecule has 0 aliphatic carbocycles. The van der Waals surface area contributed by atoms with Crippen LogP contribution in [0.2, 0.25) is 0 Å². The van der Waals surface area contributed by atoms with Crippen molar-refractivity contribution in [2.45, 2.75) is 41.5 Å². The maximum absolute atomic E-state index is 10.0. The summed E-state index contributed by atoms with van der Waals surface area (Å²) in [4.78, 5) is 17.1. The van der Waals surface area contributed by atoms with Gasteiger partial charge < -0.3 is 14.9 Å². The van der Waals surface area contributed by atoms with Crippen LogP contribution in [0.5, 0.6) is 0 Å². The second-order valence-electron chi connectivity index (χ2n) is 11.2. The van der Waals surface area contributed by atoms with Gasteiger partial charge in [-0.1, -0.05) is 90.1 Å². The molecule has 0 fully saturated rings. The smallest absolute Gasteiger partial charge is 0.327 e. The number of aromatic nitrogens is 1. The van der Waals surface area contributed by atoms with Crippen molar-refractivity contribution in [3.8, 4) is 0 Å². The van der Waals surface area contributed by atoms with Gasteiger partial charge in [0, 0.05) is 32.4 Å². The zero-order valence-corrected chi connectivity index (χ0v) is 28.4. The number of aliphatic hydroxyl groups is 1. The topological polar surface area (TPSA) is 53.4 Å². The molecule has 0 saturated carbocycles. The summed E-state index contributed by atoms with van der Waals surface area (Å²) in [7, 11) is 0. The number of hydrogen-bond acceptors (Lipinski definition) is 4. The van der Waals surface area contributed by atoms with Gasteiger partial charge in [-0.15, -0.1) is 6.08 Å². The third-order valence-electron chi connectivity index (χ3n) is 7.88. The van der Waals surface area contributed by atoms with Crippen LogP contribution in [0.3, 0.4) is 0 Å². The number of rotatable bonds is 4. The van der Waals surface area contributed by atoms with E-state index in [0.717, 1.165) is 11.3 Å². The maximum Gasteiger partial charge on any atom is 0.327 e. The third-order valence-corrected chi connectivity index (χ3v) is 7.88. The Bertz CT molecular complexity index is 1780. The van der Waals surface area contributed by atoms with Crippen LogP contribution in [0.1, 0.15) is 52.9 Å². The van der Waals surface area contributed by atoms with Crippen molar-refractivity contribution in [1.29, 1.82) is 0 Å². The fourth-order valence-corrected chi connectivity index (χ4v) is 6.12. The Morgan fingerprint density at radius 1 is 0.841 bits per heavy atom. The van der Waals surface area contributed by atoms with E-state index in [2.05, 4.69) is 123 Å². The van der Waals surface area contributed by atoms with Crippen molar-refractivity contribution in [1.82, 2.24) is 9.79 Å². The van der Waals surface area contributed by atoms with Crippen molar-refractivity contribution < 1.29 is 30.0 Å². The van der Waals surface area contributed by atoms with Crippen LogP contribution in [0, 0.1) is 33.8 Å². The minimum atomic E-state index is -0.125.